The Morgan fingerprint density at radius 1 is 1.42 bits per heavy atom. The quantitative estimate of drug-likeness (QED) is 0.831. The topological polar surface area (TPSA) is 49.3 Å². The molecule has 7 heteroatoms. The first-order chi connectivity index (χ1) is 8.81. The Kier molecular flexibility index (Phi) is 4.88. The molecule has 0 aliphatic heterocycles. The fourth-order valence-electron chi connectivity index (χ4n) is 1.47. The third-order valence-electron chi connectivity index (χ3n) is 2.60. The van der Waals surface area contributed by atoms with E-state index in [4.69, 9.17) is 5.11 Å². The number of carbonyl (C=O) groups is 1. The highest BCUT2D eigenvalue weighted by molar-refractivity contribution is 5.94. The van der Waals surface area contributed by atoms with Crippen molar-refractivity contribution in [2.24, 2.45) is 0 Å². The summed E-state index contributed by atoms with van der Waals surface area (Å²) in [6.07, 6.45) is -4.48. The number of aliphatic hydroxyl groups is 1. The van der Waals surface area contributed by atoms with Crippen molar-refractivity contribution in [3.8, 4) is 0 Å². The van der Waals surface area contributed by atoms with Crippen LogP contribution in [0.15, 0.2) is 18.2 Å². The number of halogens is 4. The van der Waals surface area contributed by atoms with Crippen LogP contribution in [0.25, 0.3) is 0 Å². The summed E-state index contributed by atoms with van der Waals surface area (Å²) >= 11 is 0. The first-order valence-corrected chi connectivity index (χ1v) is 5.58. The van der Waals surface area contributed by atoms with E-state index >= 15 is 0 Å². The van der Waals surface area contributed by atoms with Gasteiger partial charge >= 0.3 is 6.18 Å². The lowest BCUT2D eigenvalue weighted by atomic mass is 10.1. The molecule has 0 radical (unpaired) electrons. The number of benzene rings is 1. The second-order valence-electron chi connectivity index (χ2n) is 3.93. The van der Waals surface area contributed by atoms with Crippen LogP contribution in [-0.2, 0) is 6.18 Å². The second kappa shape index (κ2) is 6.01. The van der Waals surface area contributed by atoms with Gasteiger partial charge in [-0.25, -0.2) is 4.39 Å². The van der Waals surface area contributed by atoms with Crippen LogP contribution < -0.4 is 5.32 Å². The van der Waals surface area contributed by atoms with Crippen molar-refractivity contribution in [1.29, 1.82) is 0 Å². The summed E-state index contributed by atoms with van der Waals surface area (Å²) < 4.78 is 51.1. The smallest absolute Gasteiger partial charge is 0.394 e. The molecular weight excluding hydrogens is 266 g/mol. The van der Waals surface area contributed by atoms with Gasteiger partial charge in [-0.15, -0.1) is 0 Å². The Morgan fingerprint density at radius 3 is 2.53 bits per heavy atom. The predicted octanol–water partition coefficient (Wildman–Crippen LogP) is 2.35. The molecule has 0 saturated heterocycles. The molecule has 1 aromatic carbocycles. The van der Waals surface area contributed by atoms with Gasteiger partial charge < -0.3 is 10.4 Å². The molecule has 0 aromatic heterocycles. The largest absolute Gasteiger partial charge is 0.419 e. The minimum Gasteiger partial charge on any atom is -0.394 e. The Hall–Kier alpha value is -1.63. The Morgan fingerprint density at radius 2 is 2.05 bits per heavy atom. The molecule has 0 bridgehead atoms. The summed E-state index contributed by atoms with van der Waals surface area (Å²) in [5.74, 6) is -2.59. The molecule has 0 saturated carbocycles. The van der Waals surface area contributed by atoms with Gasteiger partial charge in [0.05, 0.1) is 23.8 Å². The lowest BCUT2D eigenvalue weighted by Crippen LogP contribution is -2.37. The van der Waals surface area contributed by atoms with Crippen LogP contribution >= 0.6 is 0 Å². The van der Waals surface area contributed by atoms with Gasteiger partial charge in [0.2, 0.25) is 0 Å². The summed E-state index contributed by atoms with van der Waals surface area (Å²) in [4.78, 5) is 11.6. The molecule has 19 heavy (non-hydrogen) atoms. The molecule has 2 N–H and O–H groups in total. The first kappa shape index (κ1) is 15.4. The SMILES string of the molecule is CC[C@H](CO)NC(=O)c1cccc(C(F)(F)F)c1F. The molecule has 1 atom stereocenters. The maximum atomic E-state index is 13.6. The van der Waals surface area contributed by atoms with Gasteiger partial charge in [0.15, 0.2) is 0 Å². The van der Waals surface area contributed by atoms with Crippen LogP contribution in [0, 0.1) is 5.82 Å². The zero-order chi connectivity index (χ0) is 14.6. The lowest BCUT2D eigenvalue weighted by Gasteiger charge is -2.15. The van der Waals surface area contributed by atoms with Crippen molar-refractivity contribution in [1.82, 2.24) is 5.32 Å². The van der Waals surface area contributed by atoms with Gasteiger partial charge in [-0.05, 0) is 18.6 Å². The zero-order valence-electron chi connectivity index (χ0n) is 10.1. The molecule has 1 aromatic rings. The molecule has 0 spiro atoms. The first-order valence-electron chi connectivity index (χ1n) is 5.58. The van der Waals surface area contributed by atoms with E-state index in [1.807, 2.05) is 0 Å². The predicted molar refractivity (Wildman–Crippen MR) is 60.0 cm³/mol. The normalized spacial score (nSPS) is 13.2. The molecule has 0 aliphatic rings. The molecule has 0 unspecified atom stereocenters. The third kappa shape index (κ3) is 3.66. The van der Waals surface area contributed by atoms with Crippen molar-refractivity contribution in [3.63, 3.8) is 0 Å². The molecular formula is C12H13F4NO2. The van der Waals surface area contributed by atoms with Crippen LogP contribution in [-0.4, -0.2) is 23.7 Å². The van der Waals surface area contributed by atoms with Crippen LogP contribution in [0.5, 0.6) is 0 Å². The zero-order valence-corrected chi connectivity index (χ0v) is 10.1. The number of rotatable bonds is 4. The summed E-state index contributed by atoms with van der Waals surface area (Å²) in [5.41, 5.74) is -2.18. The van der Waals surface area contributed by atoms with Crippen LogP contribution in [0.4, 0.5) is 17.6 Å². The molecule has 0 aliphatic carbocycles. The minimum absolute atomic E-state index is 0.372. The Balaban J connectivity index is 3.05. The van der Waals surface area contributed by atoms with E-state index in [2.05, 4.69) is 5.32 Å². The lowest BCUT2D eigenvalue weighted by molar-refractivity contribution is -0.140. The highest BCUT2D eigenvalue weighted by Crippen LogP contribution is 2.32. The van der Waals surface area contributed by atoms with Crippen LogP contribution in [0.3, 0.4) is 0 Å². The van der Waals surface area contributed by atoms with Gasteiger partial charge in [-0.3, -0.25) is 4.79 Å². The molecule has 106 valence electrons. The number of aliphatic hydroxyl groups excluding tert-OH is 1. The van der Waals surface area contributed by atoms with E-state index in [0.29, 0.717) is 12.5 Å². The van der Waals surface area contributed by atoms with Gasteiger partial charge in [-0.1, -0.05) is 13.0 Å². The van der Waals surface area contributed by atoms with Crippen molar-refractivity contribution in [2.45, 2.75) is 25.6 Å². The maximum Gasteiger partial charge on any atom is 0.419 e. The van der Waals surface area contributed by atoms with Gasteiger partial charge in [0.25, 0.3) is 5.91 Å². The number of hydrogen-bond acceptors (Lipinski definition) is 2. The molecule has 3 nitrogen and oxygen atoms in total. The van der Waals surface area contributed by atoms with Gasteiger partial charge in [0, 0.05) is 0 Å². The van der Waals surface area contributed by atoms with Crippen molar-refractivity contribution in [3.05, 3.63) is 35.1 Å². The highest BCUT2D eigenvalue weighted by atomic mass is 19.4. The van der Waals surface area contributed by atoms with E-state index in [-0.39, 0.29) is 6.61 Å². The number of carbonyl (C=O) groups excluding carboxylic acids is 1. The summed E-state index contributed by atoms with van der Waals surface area (Å²) in [6, 6.07) is 1.86. The Bertz CT molecular complexity index is 456. The van der Waals surface area contributed by atoms with E-state index in [9.17, 15) is 22.4 Å². The summed E-state index contributed by atoms with van der Waals surface area (Å²) in [5, 5.41) is 11.1. The number of alkyl halides is 3. The molecule has 1 amide bonds. The van der Waals surface area contributed by atoms with Gasteiger partial charge in [0.1, 0.15) is 5.82 Å². The van der Waals surface area contributed by atoms with Crippen molar-refractivity contribution < 1.29 is 27.5 Å². The average molecular weight is 279 g/mol. The Labute approximate surface area is 107 Å². The number of nitrogens with one attached hydrogen (secondary N) is 1. The fourth-order valence-corrected chi connectivity index (χ4v) is 1.47. The average Bonchev–Trinajstić information content (AvgIpc) is 2.34. The van der Waals surface area contributed by atoms with Crippen LogP contribution in [0.1, 0.15) is 29.3 Å². The fraction of sp³-hybridized carbons (Fsp3) is 0.417. The summed E-state index contributed by atoms with van der Waals surface area (Å²) in [6.45, 7) is 1.30. The second-order valence-corrected chi connectivity index (χ2v) is 3.93. The molecule has 1 rings (SSSR count). The monoisotopic (exact) mass is 279 g/mol. The van der Waals surface area contributed by atoms with E-state index < -0.39 is 35.1 Å². The van der Waals surface area contributed by atoms with E-state index in [1.54, 1.807) is 6.92 Å². The number of hydrogen-bond donors (Lipinski definition) is 2. The number of amides is 1. The maximum absolute atomic E-state index is 13.6. The molecule has 0 heterocycles. The van der Waals surface area contributed by atoms with Gasteiger partial charge in [-0.2, -0.15) is 13.2 Å². The van der Waals surface area contributed by atoms with Crippen molar-refractivity contribution >= 4 is 5.91 Å². The van der Waals surface area contributed by atoms with Crippen LogP contribution in [0.2, 0.25) is 0 Å². The summed E-state index contributed by atoms with van der Waals surface area (Å²) in [7, 11) is 0. The van der Waals surface area contributed by atoms with Crippen molar-refractivity contribution in [2.75, 3.05) is 6.61 Å². The van der Waals surface area contributed by atoms with E-state index in [0.717, 1.165) is 12.1 Å². The minimum atomic E-state index is -4.86. The molecule has 0 fully saturated rings. The third-order valence-corrected chi connectivity index (χ3v) is 2.60. The standard InChI is InChI=1S/C12H13F4NO2/c1-2-7(6-18)17-11(19)8-4-3-5-9(10(8)13)12(14,15)16/h3-5,7,18H,2,6H2,1H3,(H,17,19)/t7-/m1/s1. The van der Waals surface area contributed by atoms with E-state index in [1.165, 1.54) is 0 Å². The highest BCUT2D eigenvalue weighted by Gasteiger charge is 2.35.